The fourth-order valence-electron chi connectivity index (χ4n) is 1.72. The summed E-state index contributed by atoms with van der Waals surface area (Å²) in [5, 5.41) is 13.3. The van der Waals surface area contributed by atoms with Gasteiger partial charge < -0.3 is 4.42 Å². The van der Waals surface area contributed by atoms with E-state index in [2.05, 4.69) is 23.3 Å². The minimum absolute atomic E-state index is 0.389. The van der Waals surface area contributed by atoms with Gasteiger partial charge in [0, 0.05) is 5.75 Å². The van der Waals surface area contributed by atoms with Gasteiger partial charge in [-0.15, -0.1) is 0 Å². The average Bonchev–Trinajstić information content (AvgIpc) is 2.82. The maximum Gasteiger partial charge on any atom is 0.255 e. The Balaban J connectivity index is 2.17. The van der Waals surface area contributed by atoms with Crippen LogP contribution in [0.5, 0.6) is 0 Å². The number of nitrogens with zero attached hydrogens (tertiary/aromatic N) is 2. The number of thioether (sulfide) groups is 1. The zero-order valence-corrected chi connectivity index (χ0v) is 12.8. The van der Waals surface area contributed by atoms with Crippen LogP contribution in [0, 0.1) is 18.3 Å². The number of oxazole rings is 1. The van der Waals surface area contributed by atoms with Gasteiger partial charge in [-0.3, -0.25) is 5.32 Å². The summed E-state index contributed by atoms with van der Waals surface area (Å²) in [4.78, 5) is 4.25. The van der Waals surface area contributed by atoms with Crippen molar-refractivity contribution in [1.29, 1.82) is 5.26 Å². The van der Waals surface area contributed by atoms with Crippen molar-refractivity contribution >= 4 is 11.8 Å². The summed E-state index contributed by atoms with van der Waals surface area (Å²) in [5.74, 6) is 0.981. The van der Waals surface area contributed by atoms with Crippen molar-refractivity contribution < 1.29 is 4.42 Å². The summed E-state index contributed by atoms with van der Waals surface area (Å²) < 4.78 is 5.27. The molecule has 0 fully saturated rings. The largest absolute Gasteiger partial charge is 0.440 e. The Labute approximate surface area is 120 Å². The second kappa shape index (κ2) is 8.23. The zero-order valence-electron chi connectivity index (χ0n) is 12.0. The minimum Gasteiger partial charge on any atom is -0.440 e. The van der Waals surface area contributed by atoms with Crippen LogP contribution in [0.3, 0.4) is 0 Å². The molecule has 1 aromatic rings. The van der Waals surface area contributed by atoms with E-state index in [-0.39, 0.29) is 5.54 Å². The first-order valence-electron chi connectivity index (χ1n) is 6.81. The standard InChI is InChI=1S/C14H23N3OS/c1-4-8-16-14(3,11-15)7-5-6-9-19-13-17-12(2)10-18-13/h10,16H,4-9H2,1-3H3. The molecule has 5 heteroatoms. The molecule has 0 aliphatic heterocycles. The van der Waals surface area contributed by atoms with Crippen LogP contribution in [-0.2, 0) is 0 Å². The van der Waals surface area contributed by atoms with E-state index in [0.717, 1.165) is 48.9 Å². The molecule has 0 saturated carbocycles. The molecule has 0 bridgehead atoms. The molecule has 19 heavy (non-hydrogen) atoms. The van der Waals surface area contributed by atoms with Crippen molar-refractivity contribution in [3.05, 3.63) is 12.0 Å². The highest BCUT2D eigenvalue weighted by molar-refractivity contribution is 7.99. The number of rotatable bonds is 9. The molecule has 1 aromatic heterocycles. The van der Waals surface area contributed by atoms with Gasteiger partial charge in [-0.05, 0) is 46.1 Å². The Hall–Kier alpha value is -0.990. The first-order valence-corrected chi connectivity index (χ1v) is 7.79. The highest BCUT2D eigenvalue weighted by Gasteiger charge is 2.21. The van der Waals surface area contributed by atoms with Gasteiger partial charge in [0.15, 0.2) is 0 Å². The van der Waals surface area contributed by atoms with Gasteiger partial charge >= 0.3 is 0 Å². The van der Waals surface area contributed by atoms with Crippen LogP contribution in [0.2, 0.25) is 0 Å². The lowest BCUT2D eigenvalue weighted by molar-refractivity contribution is 0.406. The molecule has 0 radical (unpaired) electrons. The molecule has 0 spiro atoms. The number of aromatic nitrogens is 1. The van der Waals surface area contributed by atoms with Crippen molar-refractivity contribution in [2.24, 2.45) is 0 Å². The Bertz CT molecular complexity index is 413. The topological polar surface area (TPSA) is 61.9 Å². The summed E-state index contributed by atoms with van der Waals surface area (Å²) in [5.41, 5.74) is 0.531. The van der Waals surface area contributed by atoms with Crippen LogP contribution >= 0.6 is 11.8 Å². The number of hydrogen-bond acceptors (Lipinski definition) is 5. The van der Waals surface area contributed by atoms with E-state index in [9.17, 15) is 5.26 Å². The quantitative estimate of drug-likeness (QED) is 0.554. The van der Waals surface area contributed by atoms with Crippen molar-refractivity contribution in [3.8, 4) is 6.07 Å². The van der Waals surface area contributed by atoms with Gasteiger partial charge in [0.2, 0.25) is 0 Å². The molecular formula is C14H23N3OS. The number of nitriles is 1. The highest BCUT2D eigenvalue weighted by atomic mass is 32.2. The van der Waals surface area contributed by atoms with Gasteiger partial charge in [0.25, 0.3) is 5.22 Å². The minimum atomic E-state index is -0.389. The van der Waals surface area contributed by atoms with Crippen LogP contribution < -0.4 is 5.32 Å². The smallest absolute Gasteiger partial charge is 0.255 e. The third-order valence-electron chi connectivity index (χ3n) is 2.91. The molecule has 0 aliphatic carbocycles. The molecule has 1 rings (SSSR count). The number of aryl methyl sites for hydroxylation is 1. The molecule has 1 heterocycles. The van der Waals surface area contributed by atoms with Gasteiger partial charge in [0.05, 0.1) is 11.8 Å². The SMILES string of the molecule is CCCNC(C)(C#N)CCCCSc1nc(C)co1. The molecule has 0 aliphatic rings. The van der Waals surface area contributed by atoms with Crippen molar-refractivity contribution in [2.45, 2.75) is 57.2 Å². The summed E-state index contributed by atoms with van der Waals surface area (Å²) in [6.07, 6.45) is 5.71. The average molecular weight is 281 g/mol. The van der Waals surface area contributed by atoms with Crippen LogP contribution in [0.25, 0.3) is 0 Å². The zero-order chi connectivity index (χ0) is 14.1. The Kier molecular flexibility index (Phi) is 6.96. The number of unbranched alkanes of at least 4 members (excludes halogenated alkanes) is 1. The van der Waals surface area contributed by atoms with Crippen LogP contribution in [-0.4, -0.2) is 22.8 Å². The predicted molar refractivity (Wildman–Crippen MR) is 78.1 cm³/mol. The van der Waals surface area contributed by atoms with Crippen molar-refractivity contribution in [2.75, 3.05) is 12.3 Å². The maximum absolute atomic E-state index is 9.21. The van der Waals surface area contributed by atoms with Crippen LogP contribution in [0.15, 0.2) is 15.9 Å². The monoisotopic (exact) mass is 281 g/mol. The maximum atomic E-state index is 9.21. The molecular weight excluding hydrogens is 258 g/mol. The lowest BCUT2D eigenvalue weighted by atomic mass is 9.96. The van der Waals surface area contributed by atoms with E-state index in [0.29, 0.717) is 0 Å². The molecule has 0 saturated heterocycles. The third-order valence-corrected chi connectivity index (χ3v) is 3.83. The first-order chi connectivity index (χ1) is 9.09. The van der Waals surface area contributed by atoms with Crippen LogP contribution in [0.4, 0.5) is 0 Å². The second-order valence-corrected chi connectivity index (χ2v) is 5.98. The van der Waals surface area contributed by atoms with E-state index < -0.39 is 0 Å². The summed E-state index contributed by atoms with van der Waals surface area (Å²) in [6, 6.07) is 2.38. The normalized spacial score (nSPS) is 14.0. The van der Waals surface area contributed by atoms with E-state index in [1.54, 1.807) is 18.0 Å². The van der Waals surface area contributed by atoms with E-state index in [1.165, 1.54) is 0 Å². The van der Waals surface area contributed by atoms with Gasteiger partial charge in [0.1, 0.15) is 11.8 Å². The molecule has 106 valence electrons. The molecule has 1 N–H and O–H groups in total. The summed E-state index contributed by atoms with van der Waals surface area (Å²) in [7, 11) is 0. The molecule has 0 amide bonds. The Morgan fingerprint density at radius 3 is 2.89 bits per heavy atom. The fourth-order valence-corrected chi connectivity index (χ4v) is 2.57. The lowest BCUT2D eigenvalue weighted by Crippen LogP contribution is -2.41. The summed E-state index contributed by atoms with van der Waals surface area (Å²) in [6.45, 7) is 6.91. The second-order valence-electron chi connectivity index (χ2n) is 4.93. The Morgan fingerprint density at radius 1 is 1.53 bits per heavy atom. The predicted octanol–water partition coefficient (Wildman–Crippen LogP) is 3.53. The van der Waals surface area contributed by atoms with E-state index in [1.807, 2.05) is 13.8 Å². The van der Waals surface area contributed by atoms with Crippen molar-refractivity contribution in [3.63, 3.8) is 0 Å². The van der Waals surface area contributed by atoms with Crippen LogP contribution in [0.1, 0.15) is 45.2 Å². The fraction of sp³-hybridized carbons (Fsp3) is 0.714. The lowest BCUT2D eigenvalue weighted by Gasteiger charge is -2.22. The number of hydrogen-bond donors (Lipinski definition) is 1. The number of nitrogens with one attached hydrogen (secondary N) is 1. The molecule has 4 nitrogen and oxygen atoms in total. The summed E-state index contributed by atoms with van der Waals surface area (Å²) >= 11 is 1.64. The molecule has 1 unspecified atom stereocenters. The van der Waals surface area contributed by atoms with Gasteiger partial charge in [-0.25, -0.2) is 4.98 Å². The van der Waals surface area contributed by atoms with E-state index in [4.69, 9.17) is 4.42 Å². The molecule has 1 atom stereocenters. The van der Waals surface area contributed by atoms with Gasteiger partial charge in [-0.2, -0.15) is 5.26 Å². The first kappa shape index (κ1) is 16.1. The van der Waals surface area contributed by atoms with E-state index >= 15 is 0 Å². The highest BCUT2D eigenvalue weighted by Crippen LogP contribution is 2.20. The van der Waals surface area contributed by atoms with Crippen molar-refractivity contribution in [1.82, 2.24) is 10.3 Å². The van der Waals surface area contributed by atoms with Gasteiger partial charge in [-0.1, -0.05) is 18.7 Å². The third kappa shape index (κ3) is 6.13. The Morgan fingerprint density at radius 2 is 2.32 bits per heavy atom. The molecule has 0 aromatic carbocycles.